The van der Waals surface area contributed by atoms with Gasteiger partial charge in [0.1, 0.15) is 5.75 Å². The lowest BCUT2D eigenvalue weighted by molar-refractivity contribution is -0.136. The maximum absolute atomic E-state index is 12.1. The van der Waals surface area contributed by atoms with E-state index in [1.165, 1.54) is 6.21 Å². The monoisotopic (exact) mass is 478 g/mol. The number of hydrogen-bond acceptors (Lipinski definition) is 5. The fraction of sp³-hybridized carbons (Fsp3) is 0.120. The number of benzene rings is 3. The maximum Gasteiger partial charge on any atom is 0.329 e. The van der Waals surface area contributed by atoms with Gasteiger partial charge in [-0.05, 0) is 66.6 Å². The first-order valence-corrected chi connectivity index (χ1v) is 10.8. The number of rotatable bonds is 8. The van der Waals surface area contributed by atoms with E-state index in [2.05, 4.69) is 21.2 Å². The Morgan fingerprint density at radius 1 is 0.941 bits per heavy atom. The number of anilines is 1. The molecule has 0 spiro atoms. The SMILES string of the molecule is C[C@H](NC(=O)COc1ccc(/C=N\NC(=O)C(=O)Nc2ccc(Cl)cc2)cc1)c1ccccc1. The van der Waals surface area contributed by atoms with E-state index >= 15 is 0 Å². The predicted octanol–water partition coefficient (Wildman–Crippen LogP) is 3.69. The van der Waals surface area contributed by atoms with Crippen LogP contribution in [0.2, 0.25) is 5.02 Å². The molecule has 3 N–H and O–H groups in total. The topological polar surface area (TPSA) is 109 Å². The van der Waals surface area contributed by atoms with Crippen molar-refractivity contribution in [3.05, 3.63) is 95.0 Å². The highest BCUT2D eigenvalue weighted by Crippen LogP contribution is 2.14. The lowest BCUT2D eigenvalue weighted by Gasteiger charge is -2.14. The molecule has 3 amide bonds. The van der Waals surface area contributed by atoms with Gasteiger partial charge in [0.05, 0.1) is 12.3 Å². The van der Waals surface area contributed by atoms with Gasteiger partial charge < -0.3 is 15.4 Å². The largest absolute Gasteiger partial charge is 0.484 e. The second kappa shape index (κ2) is 12.2. The van der Waals surface area contributed by atoms with Gasteiger partial charge in [-0.3, -0.25) is 14.4 Å². The quantitative estimate of drug-likeness (QED) is 0.260. The highest BCUT2D eigenvalue weighted by molar-refractivity contribution is 6.39. The Bertz CT molecular complexity index is 1150. The normalized spacial score (nSPS) is 11.5. The zero-order valence-corrected chi connectivity index (χ0v) is 19.1. The first-order valence-electron chi connectivity index (χ1n) is 10.4. The van der Waals surface area contributed by atoms with Crippen molar-refractivity contribution in [2.24, 2.45) is 5.10 Å². The zero-order chi connectivity index (χ0) is 24.3. The molecule has 3 aromatic carbocycles. The summed E-state index contributed by atoms with van der Waals surface area (Å²) in [6.45, 7) is 1.78. The second-order valence-corrected chi connectivity index (χ2v) is 7.65. The molecule has 8 nitrogen and oxygen atoms in total. The summed E-state index contributed by atoms with van der Waals surface area (Å²) in [5, 5.41) is 9.61. The Kier molecular flexibility index (Phi) is 8.76. The average Bonchev–Trinajstić information content (AvgIpc) is 2.85. The van der Waals surface area contributed by atoms with Gasteiger partial charge in [-0.25, -0.2) is 5.43 Å². The van der Waals surface area contributed by atoms with Crippen LogP contribution in [0.25, 0.3) is 0 Å². The summed E-state index contributed by atoms with van der Waals surface area (Å²) < 4.78 is 5.51. The fourth-order valence-corrected chi connectivity index (χ4v) is 2.97. The van der Waals surface area contributed by atoms with Crippen LogP contribution in [0.4, 0.5) is 5.69 Å². The summed E-state index contributed by atoms with van der Waals surface area (Å²) in [6, 6.07) is 22.6. The van der Waals surface area contributed by atoms with Gasteiger partial charge in [-0.1, -0.05) is 41.9 Å². The summed E-state index contributed by atoms with van der Waals surface area (Å²) in [7, 11) is 0. The van der Waals surface area contributed by atoms with E-state index in [-0.39, 0.29) is 18.6 Å². The Labute approximate surface area is 202 Å². The zero-order valence-electron chi connectivity index (χ0n) is 18.3. The maximum atomic E-state index is 12.1. The van der Waals surface area contributed by atoms with Crippen molar-refractivity contribution in [3.8, 4) is 5.75 Å². The van der Waals surface area contributed by atoms with Crippen LogP contribution in [-0.2, 0) is 14.4 Å². The Balaban J connectivity index is 1.41. The van der Waals surface area contributed by atoms with Crippen molar-refractivity contribution in [2.45, 2.75) is 13.0 Å². The lowest BCUT2D eigenvalue weighted by atomic mass is 10.1. The molecule has 0 unspecified atom stereocenters. The van der Waals surface area contributed by atoms with Crippen molar-refractivity contribution in [2.75, 3.05) is 11.9 Å². The van der Waals surface area contributed by atoms with E-state index in [1.54, 1.807) is 48.5 Å². The van der Waals surface area contributed by atoms with Gasteiger partial charge in [0.25, 0.3) is 5.91 Å². The Morgan fingerprint density at radius 3 is 2.29 bits per heavy atom. The van der Waals surface area contributed by atoms with Crippen LogP contribution in [0.15, 0.2) is 84.0 Å². The van der Waals surface area contributed by atoms with E-state index < -0.39 is 11.8 Å². The summed E-state index contributed by atoms with van der Waals surface area (Å²) in [5.41, 5.74) is 4.26. The van der Waals surface area contributed by atoms with E-state index in [0.29, 0.717) is 22.0 Å². The molecule has 1 atom stereocenters. The van der Waals surface area contributed by atoms with E-state index in [0.717, 1.165) is 5.56 Å². The molecular weight excluding hydrogens is 456 g/mol. The van der Waals surface area contributed by atoms with Gasteiger partial charge >= 0.3 is 11.8 Å². The molecule has 174 valence electrons. The van der Waals surface area contributed by atoms with Crippen molar-refractivity contribution in [1.29, 1.82) is 0 Å². The van der Waals surface area contributed by atoms with Crippen molar-refractivity contribution in [1.82, 2.24) is 10.7 Å². The highest BCUT2D eigenvalue weighted by atomic mass is 35.5. The molecule has 0 bridgehead atoms. The number of hydrazone groups is 1. The first kappa shape index (κ1) is 24.5. The predicted molar refractivity (Wildman–Crippen MR) is 131 cm³/mol. The summed E-state index contributed by atoms with van der Waals surface area (Å²) >= 11 is 5.78. The number of carbonyl (C=O) groups excluding carboxylic acids is 3. The van der Waals surface area contributed by atoms with Gasteiger partial charge in [0.15, 0.2) is 6.61 Å². The van der Waals surface area contributed by atoms with Crippen molar-refractivity contribution >= 4 is 41.2 Å². The number of amides is 3. The molecule has 0 fully saturated rings. The molecular formula is C25H23ClN4O4. The minimum Gasteiger partial charge on any atom is -0.484 e. The van der Waals surface area contributed by atoms with E-state index in [9.17, 15) is 14.4 Å². The third kappa shape index (κ3) is 7.75. The first-order chi connectivity index (χ1) is 16.4. The van der Waals surface area contributed by atoms with E-state index in [4.69, 9.17) is 16.3 Å². The third-order valence-electron chi connectivity index (χ3n) is 4.62. The van der Waals surface area contributed by atoms with Crippen molar-refractivity contribution in [3.63, 3.8) is 0 Å². The van der Waals surface area contributed by atoms with Crippen LogP contribution in [0.3, 0.4) is 0 Å². The molecule has 3 aromatic rings. The molecule has 0 saturated heterocycles. The molecule has 34 heavy (non-hydrogen) atoms. The minimum absolute atomic E-state index is 0.122. The lowest BCUT2D eigenvalue weighted by Crippen LogP contribution is -2.32. The number of nitrogens with one attached hydrogen (secondary N) is 3. The standard InChI is InChI=1S/C25H23ClN4O4/c1-17(19-5-3-2-4-6-19)28-23(31)16-34-22-13-7-18(8-14-22)15-27-30-25(33)24(32)29-21-11-9-20(26)10-12-21/h2-15,17H,16H2,1H3,(H,28,31)(H,29,32)(H,30,33)/b27-15-/t17-/m0/s1. The molecule has 0 aliphatic rings. The number of nitrogens with zero attached hydrogens (tertiary/aromatic N) is 1. The van der Waals surface area contributed by atoms with E-state index in [1.807, 2.05) is 37.3 Å². The number of carbonyl (C=O) groups is 3. The number of hydrogen-bond donors (Lipinski definition) is 3. The molecule has 0 aliphatic carbocycles. The van der Waals surface area contributed by atoms with Gasteiger partial charge in [0.2, 0.25) is 0 Å². The summed E-state index contributed by atoms with van der Waals surface area (Å²) in [6.07, 6.45) is 1.38. The van der Waals surface area contributed by atoms with Crippen LogP contribution < -0.4 is 20.8 Å². The van der Waals surface area contributed by atoms with Crippen LogP contribution in [0, 0.1) is 0 Å². The van der Waals surface area contributed by atoms with Crippen molar-refractivity contribution < 1.29 is 19.1 Å². The molecule has 0 radical (unpaired) electrons. The molecule has 0 aliphatic heterocycles. The molecule has 0 heterocycles. The second-order valence-electron chi connectivity index (χ2n) is 7.22. The molecule has 0 saturated carbocycles. The van der Waals surface area contributed by atoms with Crippen LogP contribution >= 0.6 is 11.6 Å². The van der Waals surface area contributed by atoms with Gasteiger partial charge in [0, 0.05) is 10.7 Å². The number of ether oxygens (including phenoxy) is 1. The van der Waals surface area contributed by atoms with Crippen LogP contribution in [-0.4, -0.2) is 30.5 Å². The van der Waals surface area contributed by atoms with Crippen LogP contribution in [0.5, 0.6) is 5.75 Å². The van der Waals surface area contributed by atoms with Gasteiger partial charge in [-0.2, -0.15) is 5.10 Å². The average molecular weight is 479 g/mol. The molecule has 9 heteroatoms. The highest BCUT2D eigenvalue weighted by Gasteiger charge is 2.13. The van der Waals surface area contributed by atoms with Crippen LogP contribution in [0.1, 0.15) is 24.1 Å². The fourth-order valence-electron chi connectivity index (χ4n) is 2.84. The minimum atomic E-state index is -0.915. The summed E-state index contributed by atoms with van der Waals surface area (Å²) in [5.74, 6) is -1.50. The number of halogens is 1. The Morgan fingerprint density at radius 2 is 1.62 bits per heavy atom. The third-order valence-corrected chi connectivity index (χ3v) is 4.87. The smallest absolute Gasteiger partial charge is 0.329 e. The molecule has 0 aromatic heterocycles. The van der Waals surface area contributed by atoms with Gasteiger partial charge in [-0.15, -0.1) is 0 Å². The Hall–Kier alpha value is -4.17. The molecule has 3 rings (SSSR count). The summed E-state index contributed by atoms with van der Waals surface area (Å²) in [4.78, 5) is 35.9.